The Morgan fingerprint density at radius 3 is 2.07 bits per heavy atom. The van der Waals surface area contributed by atoms with Crippen LogP contribution in [0.2, 0.25) is 0 Å². The Labute approximate surface area is 93.9 Å². The lowest BCUT2D eigenvalue weighted by Gasteiger charge is -2.02. The molecule has 0 amide bonds. The first-order valence-corrected chi connectivity index (χ1v) is 6.95. The fraction of sp³-hybridized carbons (Fsp3) is 0.333. The first kappa shape index (κ1) is 10.0. The second-order valence-corrected chi connectivity index (χ2v) is 5.13. The van der Waals surface area contributed by atoms with Crippen LogP contribution in [-0.2, 0) is 11.5 Å². The van der Waals surface area contributed by atoms with Gasteiger partial charge >= 0.3 is 0 Å². The predicted molar refractivity (Wildman–Crippen MR) is 66.5 cm³/mol. The summed E-state index contributed by atoms with van der Waals surface area (Å²) in [5, 5.41) is 0. The molecule has 1 aromatic carbocycles. The van der Waals surface area contributed by atoms with Crippen LogP contribution in [0.25, 0.3) is 0 Å². The summed E-state index contributed by atoms with van der Waals surface area (Å²) in [4.78, 5) is 0. The molecule has 0 nitrogen and oxygen atoms in total. The monoisotopic (exact) mass is 220 g/mol. The van der Waals surface area contributed by atoms with Crippen LogP contribution in [0.15, 0.2) is 24.3 Å². The van der Waals surface area contributed by atoms with Crippen molar-refractivity contribution in [3.63, 3.8) is 0 Å². The minimum Gasteiger partial charge on any atom is -0.144 e. The van der Waals surface area contributed by atoms with Crippen molar-refractivity contribution >= 4 is 23.5 Å². The fourth-order valence-electron chi connectivity index (χ4n) is 1.35. The van der Waals surface area contributed by atoms with Crippen molar-refractivity contribution in [2.75, 3.05) is 11.5 Å². The second kappa shape index (κ2) is 5.38. The largest absolute Gasteiger partial charge is 0.144 e. The molecule has 0 radical (unpaired) electrons. The van der Waals surface area contributed by atoms with E-state index in [0.717, 1.165) is 23.0 Å². The van der Waals surface area contributed by atoms with Crippen LogP contribution in [0.3, 0.4) is 0 Å². The Balaban J connectivity index is 2.14. The highest BCUT2D eigenvalue weighted by Gasteiger charge is 1.97. The summed E-state index contributed by atoms with van der Waals surface area (Å²) in [6.07, 6.45) is 0. The molecule has 1 aromatic rings. The number of benzene rings is 1. The summed E-state index contributed by atoms with van der Waals surface area (Å²) in [7, 11) is 0. The zero-order valence-electron chi connectivity index (χ0n) is 7.95. The van der Waals surface area contributed by atoms with Gasteiger partial charge in [0.05, 0.1) is 11.5 Å². The number of thioether (sulfide) groups is 2. The van der Waals surface area contributed by atoms with Gasteiger partial charge in [-0.25, -0.2) is 0 Å². The summed E-state index contributed by atoms with van der Waals surface area (Å²) in [5.74, 6) is 10.5. The molecule has 0 unspecified atom stereocenters. The van der Waals surface area contributed by atoms with Gasteiger partial charge in [0.1, 0.15) is 0 Å². The maximum atomic E-state index is 3.18. The van der Waals surface area contributed by atoms with Gasteiger partial charge in [0.2, 0.25) is 0 Å². The molecule has 0 spiro atoms. The quantitative estimate of drug-likeness (QED) is 0.616. The normalized spacial score (nSPS) is 16.3. The highest BCUT2D eigenvalue weighted by atomic mass is 32.2. The third-order valence-corrected chi connectivity index (χ3v) is 3.77. The highest BCUT2D eigenvalue weighted by Crippen LogP contribution is 2.17. The van der Waals surface area contributed by atoms with Gasteiger partial charge in [0, 0.05) is 11.5 Å². The van der Waals surface area contributed by atoms with Crippen molar-refractivity contribution in [3.8, 4) is 11.8 Å². The topological polar surface area (TPSA) is 0 Å². The Hall–Kier alpha value is -0.520. The van der Waals surface area contributed by atoms with Crippen molar-refractivity contribution in [2.24, 2.45) is 0 Å². The first-order valence-electron chi connectivity index (χ1n) is 4.64. The Bertz CT molecular complexity index is 331. The number of hydrogen-bond donors (Lipinski definition) is 0. The summed E-state index contributed by atoms with van der Waals surface area (Å²) in [6.45, 7) is 0. The molecule has 0 saturated heterocycles. The molecule has 0 aliphatic carbocycles. The van der Waals surface area contributed by atoms with E-state index < -0.39 is 0 Å². The lowest BCUT2D eigenvalue weighted by molar-refractivity contribution is 1.33. The lowest BCUT2D eigenvalue weighted by atomic mass is 10.2. The van der Waals surface area contributed by atoms with Crippen LogP contribution in [0.1, 0.15) is 11.1 Å². The van der Waals surface area contributed by atoms with Crippen molar-refractivity contribution in [1.82, 2.24) is 0 Å². The van der Waals surface area contributed by atoms with E-state index in [1.807, 2.05) is 23.5 Å². The van der Waals surface area contributed by atoms with Gasteiger partial charge in [-0.3, -0.25) is 0 Å². The molecule has 0 aromatic heterocycles. The molecule has 72 valence electrons. The lowest BCUT2D eigenvalue weighted by Crippen LogP contribution is -1.85. The van der Waals surface area contributed by atoms with E-state index in [9.17, 15) is 0 Å². The van der Waals surface area contributed by atoms with Crippen LogP contribution in [-0.4, -0.2) is 11.5 Å². The van der Waals surface area contributed by atoms with E-state index in [1.165, 1.54) is 11.1 Å². The van der Waals surface area contributed by atoms with Crippen molar-refractivity contribution in [1.29, 1.82) is 0 Å². The van der Waals surface area contributed by atoms with Gasteiger partial charge in [0.15, 0.2) is 0 Å². The van der Waals surface area contributed by atoms with Gasteiger partial charge in [0.25, 0.3) is 0 Å². The van der Waals surface area contributed by atoms with Crippen molar-refractivity contribution in [2.45, 2.75) is 11.5 Å². The van der Waals surface area contributed by atoms with Crippen LogP contribution < -0.4 is 0 Å². The summed E-state index contributed by atoms with van der Waals surface area (Å²) in [5.41, 5.74) is 2.86. The summed E-state index contributed by atoms with van der Waals surface area (Å²) in [6, 6.07) is 8.87. The molecule has 1 aliphatic heterocycles. The van der Waals surface area contributed by atoms with Crippen LogP contribution in [0.4, 0.5) is 0 Å². The second-order valence-electron chi connectivity index (χ2n) is 3.16. The average molecular weight is 220 g/mol. The molecule has 0 fully saturated rings. The van der Waals surface area contributed by atoms with Crippen LogP contribution in [0, 0.1) is 11.8 Å². The average Bonchev–Trinajstić information content (AvgIpc) is 2.25. The minimum atomic E-state index is 0.963. The van der Waals surface area contributed by atoms with Gasteiger partial charge < -0.3 is 0 Å². The molecule has 0 atom stereocenters. The number of hydrogen-bond acceptors (Lipinski definition) is 2. The molecule has 0 N–H and O–H groups in total. The molecule has 1 aliphatic rings. The molecular weight excluding hydrogens is 208 g/mol. The van der Waals surface area contributed by atoms with E-state index in [1.54, 1.807) is 0 Å². The van der Waals surface area contributed by atoms with Gasteiger partial charge in [-0.05, 0) is 11.1 Å². The molecule has 2 heteroatoms. The molecule has 1 heterocycles. The van der Waals surface area contributed by atoms with E-state index in [2.05, 4.69) is 36.1 Å². The van der Waals surface area contributed by atoms with Crippen molar-refractivity contribution in [3.05, 3.63) is 35.4 Å². The van der Waals surface area contributed by atoms with Gasteiger partial charge in [-0.1, -0.05) is 36.1 Å². The third kappa shape index (κ3) is 3.01. The van der Waals surface area contributed by atoms with E-state index in [4.69, 9.17) is 0 Å². The molecule has 0 saturated carbocycles. The molecule has 14 heavy (non-hydrogen) atoms. The van der Waals surface area contributed by atoms with Gasteiger partial charge in [-0.2, -0.15) is 0 Å². The number of fused-ring (bicyclic) bond motifs is 2. The molecular formula is C12H12S2. The third-order valence-electron chi connectivity index (χ3n) is 2.00. The Morgan fingerprint density at radius 1 is 0.929 bits per heavy atom. The Kier molecular flexibility index (Phi) is 3.85. The summed E-state index contributed by atoms with van der Waals surface area (Å²) < 4.78 is 0. The SMILES string of the molecule is C1#CCSCc2cccc(c2)CSC1. The molecule has 2 bridgehead atoms. The zero-order valence-corrected chi connectivity index (χ0v) is 9.59. The minimum absolute atomic E-state index is 0.963. The highest BCUT2D eigenvalue weighted by molar-refractivity contribution is 7.99. The van der Waals surface area contributed by atoms with Crippen LogP contribution in [0.5, 0.6) is 0 Å². The zero-order chi connectivity index (χ0) is 9.64. The van der Waals surface area contributed by atoms with Crippen LogP contribution >= 0.6 is 23.5 Å². The molecule has 2 rings (SSSR count). The van der Waals surface area contributed by atoms with E-state index in [-0.39, 0.29) is 0 Å². The smallest absolute Gasteiger partial charge is 0.0551 e. The van der Waals surface area contributed by atoms with E-state index in [0.29, 0.717) is 0 Å². The van der Waals surface area contributed by atoms with Gasteiger partial charge in [-0.15, -0.1) is 23.5 Å². The van der Waals surface area contributed by atoms with E-state index >= 15 is 0 Å². The number of rotatable bonds is 0. The fourth-order valence-corrected chi connectivity index (χ4v) is 2.79. The maximum absolute atomic E-state index is 3.18. The van der Waals surface area contributed by atoms with Crippen molar-refractivity contribution < 1.29 is 0 Å². The standard InChI is InChI=1S/C12H12S2/c1-2-7-14-10-12-5-3-4-11(8-12)9-13-6-1/h3-5,8H,6-7,9-10H2. The summed E-state index contributed by atoms with van der Waals surface area (Å²) >= 11 is 3.80. The maximum Gasteiger partial charge on any atom is 0.0551 e. The first-order chi connectivity index (χ1) is 6.95. The Morgan fingerprint density at radius 2 is 1.50 bits per heavy atom. The predicted octanol–water partition coefficient (Wildman–Crippen LogP) is 3.17.